The first-order valence-electron chi connectivity index (χ1n) is 12.1. The van der Waals surface area contributed by atoms with Gasteiger partial charge in [-0.3, -0.25) is 4.79 Å². The number of guanidine groups is 1. The summed E-state index contributed by atoms with van der Waals surface area (Å²) in [5, 5.41) is 0.544. The third-order valence-corrected chi connectivity index (χ3v) is 7.12. The fraction of sp³-hybridized carbons (Fsp3) is 0.286. The van der Waals surface area contributed by atoms with Crippen LogP contribution in [0.4, 0.5) is 25.8 Å². The average molecular weight is 525 g/mol. The minimum absolute atomic E-state index is 0.00741. The molecular formula is C28H27ClF2N4O2. The third kappa shape index (κ3) is 4.98. The van der Waals surface area contributed by atoms with Gasteiger partial charge in [-0.05, 0) is 55.0 Å². The van der Waals surface area contributed by atoms with E-state index in [0.29, 0.717) is 42.7 Å². The molecule has 3 aromatic carbocycles. The molecule has 0 spiro atoms. The summed E-state index contributed by atoms with van der Waals surface area (Å²) >= 11 is 6.41. The van der Waals surface area contributed by atoms with Crippen LogP contribution < -0.4 is 9.80 Å². The lowest BCUT2D eigenvalue weighted by Crippen LogP contribution is -2.55. The van der Waals surface area contributed by atoms with Crippen LogP contribution in [0.5, 0.6) is 0 Å². The molecule has 0 amide bonds. The highest BCUT2D eigenvalue weighted by molar-refractivity contribution is 6.31. The Morgan fingerprint density at radius 1 is 1.03 bits per heavy atom. The number of fused-ring (bicyclic) bond motifs is 1. The van der Waals surface area contributed by atoms with Gasteiger partial charge in [0.2, 0.25) is 5.96 Å². The van der Waals surface area contributed by atoms with Gasteiger partial charge in [0.25, 0.3) is 0 Å². The van der Waals surface area contributed by atoms with E-state index in [2.05, 4.69) is 9.80 Å². The lowest BCUT2D eigenvalue weighted by atomic mass is 9.96. The standard InChI is InChI=1S/C28H27ClF2N4O2/c1-18-6-7-19(29)16-24(18)35-25(17-26(36)37-2)22-4-3-5-23(31)27(22)32-28(35)34-14-12-33(13-15-34)21-10-8-20(30)9-11-21/h3-11,16,25H,12-15,17H2,1-2H3. The highest BCUT2D eigenvalue weighted by atomic mass is 35.5. The molecule has 0 saturated carbocycles. The van der Waals surface area contributed by atoms with Crippen LogP contribution in [0.15, 0.2) is 65.7 Å². The van der Waals surface area contributed by atoms with Crippen molar-refractivity contribution in [3.8, 4) is 0 Å². The highest BCUT2D eigenvalue weighted by Crippen LogP contribution is 2.43. The van der Waals surface area contributed by atoms with Gasteiger partial charge in [-0.15, -0.1) is 0 Å². The number of aliphatic imine (C=N–C) groups is 1. The van der Waals surface area contributed by atoms with Crippen molar-refractivity contribution >= 4 is 40.6 Å². The number of piperazine rings is 1. The number of benzene rings is 3. The molecule has 1 atom stereocenters. The van der Waals surface area contributed by atoms with Crippen LogP contribution >= 0.6 is 11.6 Å². The van der Waals surface area contributed by atoms with E-state index >= 15 is 4.39 Å². The fourth-order valence-electron chi connectivity index (χ4n) is 4.95. The minimum Gasteiger partial charge on any atom is -0.469 e. The molecule has 3 aromatic rings. The predicted octanol–water partition coefficient (Wildman–Crippen LogP) is 5.86. The number of aryl methyl sites for hydroxylation is 1. The zero-order valence-electron chi connectivity index (χ0n) is 20.6. The summed E-state index contributed by atoms with van der Waals surface area (Å²) in [7, 11) is 1.34. The number of hydrogen-bond donors (Lipinski definition) is 0. The van der Waals surface area contributed by atoms with E-state index < -0.39 is 17.8 Å². The number of para-hydroxylation sites is 1. The first-order chi connectivity index (χ1) is 17.9. The second-order valence-electron chi connectivity index (χ2n) is 9.14. The van der Waals surface area contributed by atoms with Crippen LogP contribution in [0.2, 0.25) is 5.02 Å². The molecule has 1 unspecified atom stereocenters. The Kier molecular flexibility index (Phi) is 7.02. The number of anilines is 2. The van der Waals surface area contributed by atoms with E-state index in [0.717, 1.165) is 16.9 Å². The number of carbonyl (C=O) groups is 1. The van der Waals surface area contributed by atoms with Crippen LogP contribution in [0, 0.1) is 18.6 Å². The Morgan fingerprint density at radius 3 is 2.43 bits per heavy atom. The van der Waals surface area contributed by atoms with Crippen molar-refractivity contribution in [2.45, 2.75) is 19.4 Å². The SMILES string of the molecule is COC(=O)CC1c2cccc(F)c2N=C(N2CCN(c3ccc(F)cc3)CC2)N1c1cc(Cl)ccc1C. The number of carbonyl (C=O) groups excluding carboxylic acids is 1. The van der Waals surface area contributed by atoms with E-state index in [1.165, 1.54) is 25.3 Å². The molecule has 0 radical (unpaired) electrons. The zero-order chi connectivity index (χ0) is 26.1. The number of hydrogen-bond acceptors (Lipinski definition) is 6. The van der Waals surface area contributed by atoms with Gasteiger partial charge in [-0.25, -0.2) is 13.8 Å². The number of ether oxygens (including phenoxy) is 1. The van der Waals surface area contributed by atoms with Crippen molar-refractivity contribution in [1.82, 2.24) is 4.90 Å². The van der Waals surface area contributed by atoms with Crippen LogP contribution in [-0.2, 0) is 9.53 Å². The summed E-state index contributed by atoms with van der Waals surface area (Å²) in [6, 6.07) is 16.3. The van der Waals surface area contributed by atoms with Crippen molar-refractivity contribution in [1.29, 1.82) is 0 Å². The average Bonchev–Trinajstić information content (AvgIpc) is 2.91. The molecule has 0 N–H and O–H groups in total. The topological polar surface area (TPSA) is 48.4 Å². The van der Waals surface area contributed by atoms with Gasteiger partial charge in [0.1, 0.15) is 17.3 Å². The number of halogens is 3. The molecule has 2 aliphatic rings. The van der Waals surface area contributed by atoms with Crippen molar-refractivity contribution in [3.05, 3.63) is 88.4 Å². The summed E-state index contributed by atoms with van der Waals surface area (Å²) in [5.74, 6) is -0.580. The van der Waals surface area contributed by atoms with Crippen molar-refractivity contribution in [2.24, 2.45) is 4.99 Å². The molecule has 0 aromatic heterocycles. The van der Waals surface area contributed by atoms with E-state index in [4.69, 9.17) is 21.3 Å². The molecule has 2 aliphatic heterocycles. The van der Waals surface area contributed by atoms with Gasteiger partial charge in [0.15, 0.2) is 0 Å². The molecular weight excluding hydrogens is 498 g/mol. The summed E-state index contributed by atoms with van der Waals surface area (Å²) in [5.41, 5.74) is 3.50. The first-order valence-corrected chi connectivity index (χ1v) is 12.5. The fourth-order valence-corrected chi connectivity index (χ4v) is 5.12. The summed E-state index contributed by atoms with van der Waals surface area (Å²) < 4.78 is 33.5. The smallest absolute Gasteiger partial charge is 0.307 e. The van der Waals surface area contributed by atoms with Gasteiger partial charge in [-0.1, -0.05) is 29.8 Å². The maximum absolute atomic E-state index is 15.1. The van der Waals surface area contributed by atoms with Crippen LogP contribution in [0.3, 0.4) is 0 Å². The van der Waals surface area contributed by atoms with Gasteiger partial charge in [-0.2, -0.15) is 0 Å². The zero-order valence-corrected chi connectivity index (χ0v) is 21.4. The Morgan fingerprint density at radius 2 is 1.73 bits per heavy atom. The molecule has 5 rings (SSSR count). The quantitative estimate of drug-likeness (QED) is 0.400. The molecule has 0 aliphatic carbocycles. The predicted molar refractivity (Wildman–Crippen MR) is 142 cm³/mol. The van der Waals surface area contributed by atoms with Gasteiger partial charge in [0.05, 0.1) is 19.6 Å². The highest BCUT2D eigenvalue weighted by Gasteiger charge is 2.38. The van der Waals surface area contributed by atoms with Crippen molar-refractivity contribution in [3.63, 3.8) is 0 Å². The summed E-state index contributed by atoms with van der Waals surface area (Å²) in [4.78, 5) is 23.6. The maximum Gasteiger partial charge on any atom is 0.307 e. The Hall–Kier alpha value is -3.65. The first kappa shape index (κ1) is 25.0. The van der Waals surface area contributed by atoms with Crippen LogP contribution in [0.1, 0.15) is 23.6 Å². The van der Waals surface area contributed by atoms with E-state index in [1.807, 2.05) is 30.0 Å². The molecule has 9 heteroatoms. The van der Waals surface area contributed by atoms with E-state index in [-0.39, 0.29) is 17.9 Å². The van der Waals surface area contributed by atoms with E-state index in [1.54, 1.807) is 24.3 Å². The maximum atomic E-state index is 15.1. The Balaban J connectivity index is 1.56. The summed E-state index contributed by atoms with van der Waals surface area (Å²) in [6.45, 7) is 4.49. The van der Waals surface area contributed by atoms with Gasteiger partial charge in [0, 0.05) is 48.1 Å². The molecule has 6 nitrogen and oxygen atoms in total. The normalized spacial score (nSPS) is 17.4. The second kappa shape index (κ2) is 10.4. The number of methoxy groups -OCH3 is 1. The van der Waals surface area contributed by atoms with Crippen molar-refractivity contribution < 1.29 is 18.3 Å². The molecule has 0 bridgehead atoms. The lowest BCUT2D eigenvalue weighted by molar-refractivity contribution is -0.141. The molecule has 1 saturated heterocycles. The molecule has 37 heavy (non-hydrogen) atoms. The second-order valence-corrected chi connectivity index (χ2v) is 9.57. The van der Waals surface area contributed by atoms with E-state index in [9.17, 15) is 9.18 Å². The Bertz CT molecular complexity index is 1340. The molecule has 192 valence electrons. The van der Waals surface area contributed by atoms with Gasteiger partial charge < -0.3 is 19.4 Å². The third-order valence-electron chi connectivity index (χ3n) is 6.89. The van der Waals surface area contributed by atoms with Crippen LogP contribution in [-0.4, -0.2) is 50.1 Å². The summed E-state index contributed by atoms with van der Waals surface area (Å²) in [6.07, 6.45) is 0.00741. The van der Waals surface area contributed by atoms with Gasteiger partial charge >= 0.3 is 5.97 Å². The number of rotatable bonds is 4. The number of nitrogens with zero attached hydrogens (tertiary/aromatic N) is 4. The lowest BCUT2D eigenvalue weighted by Gasteiger charge is -2.45. The largest absolute Gasteiger partial charge is 0.469 e. The number of esters is 1. The molecule has 1 fully saturated rings. The van der Waals surface area contributed by atoms with Crippen LogP contribution in [0.25, 0.3) is 0 Å². The monoisotopic (exact) mass is 524 g/mol. The minimum atomic E-state index is -0.544. The molecule has 2 heterocycles. The van der Waals surface area contributed by atoms with Crippen molar-refractivity contribution in [2.75, 3.05) is 43.1 Å². The Labute approximate surface area is 219 Å².